The minimum absolute atomic E-state index is 0.238. The number of likely N-dealkylation sites (N-methyl/N-ethyl adjacent to an activating group) is 1. The Bertz CT molecular complexity index is 386. The Hall–Kier alpha value is -0.380. The first-order valence-corrected chi connectivity index (χ1v) is 7.01. The van der Waals surface area contributed by atoms with Gasteiger partial charge in [0.25, 0.3) is 0 Å². The smallest absolute Gasteiger partial charge is 0.0337 e. The first-order valence-electron chi connectivity index (χ1n) is 6.21. The lowest BCUT2D eigenvalue weighted by Gasteiger charge is -2.52. The van der Waals surface area contributed by atoms with Crippen LogP contribution in [-0.4, -0.2) is 24.0 Å². The van der Waals surface area contributed by atoms with E-state index in [1.807, 2.05) is 0 Å². The molecule has 0 unspecified atom stereocenters. The zero-order valence-corrected chi connectivity index (χ0v) is 12.2. The molecule has 1 aliphatic rings. The van der Waals surface area contributed by atoms with Gasteiger partial charge in [0.05, 0.1) is 0 Å². The SMILES string of the molecule is CC1CC(CN)(N(C)Cc2cccc(Br)c2)C1. The van der Waals surface area contributed by atoms with Crippen LogP contribution in [0, 0.1) is 5.92 Å². The molecule has 0 amide bonds. The highest BCUT2D eigenvalue weighted by molar-refractivity contribution is 9.10. The summed E-state index contributed by atoms with van der Waals surface area (Å²) >= 11 is 3.52. The maximum atomic E-state index is 5.96. The quantitative estimate of drug-likeness (QED) is 0.925. The summed E-state index contributed by atoms with van der Waals surface area (Å²) in [5.41, 5.74) is 7.54. The molecule has 0 radical (unpaired) electrons. The molecule has 1 fully saturated rings. The Balaban J connectivity index is 2.03. The lowest BCUT2D eigenvalue weighted by Crippen LogP contribution is -2.59. The number of hydrogen-bond acceptors (Lipinski definition) is 2. The first-order chi connectivity index (χ1) is 8.05. The lowest BCUT2D eigenvalue weighted by molar-refractivity contribution is 0.000273. The van der Waals surface area contributed by atoms with Crippen molar-refractivity contribution in [2.24, 2.45) is 11.7 Å². The summed E-state index contributed by atoms with van der Waals surface area (Å²) in [5.74, 6) is 0.823. The van der Waals surface area contributed by atoms with Gasteiger partial charge >= 0.3 is 0 Å². The van der Waals surface area contributed by atoms with Gasteiger partial charge in [-0.05, 0) is 43.5 Å². The average molecular weight is 297 g/mol. The predicted molar refractivity (Wildman–Crippen MR) is 75.8 cm³/mol. The van der Waals surface area contributed by atoms with E-state index < -0.39 is 0 Å². The van der Waals surface area contributed by atoms with Crippen LogP contribution >= 0.6 is 15.9 Å². The molecule has 0 saturated heterocycles. The van der Waals surface area contributed by atoms with Gasteiger partial charge in [-0.25, -0.2) is 0 Å². The first kappa shape index (κ1) is 13.1. The van der Waals surface area contributed by atoms with E-state index >= 15 is 0 Å². The van der Waals surface area contributed by atoms with Crippen LogP contribution in [0.3, 0.4) is 0 Å². The van der Waals surface area contributed by atoms with Gasteiger partial charge < -0.3 is 5.73 Å². The van der Waals surface area contributed by atoms with Crippen molar-refractivity contribution in [2.75, 3.05) is 13.6 Å². The van der Waals surface area contributed by atoms with E-state index in [4.69, 9.17) is 5.73 Å². The summed E-state index contributed by atoms with van der Waals surface area (Å²) in [6, 6.07) is 8.51. The molecule has 2 N–H and O–H groups in total. The predicted octanol–water partition coefficient (Wildman–Crippen LogP) is 3.01. The molecule has 2 rings (SSSR count). The zero-order chi connectivity index (χ0) is 12.5. The van der Waals surface area contributed by atoms with Crippen LogP contribution in [-0.2, 0) is 6.54 Å². The minimum atomic E-state index is 0.238. The summed E-state index contributed by atoms with van der Waals surface area (Å²) in [6.07, 6.45) is 2.46. The molecule has 1 saturated carbocycles. The van der Waals surface area contributed by atoms with Crippen LogP contribution in [0.15, 0.2) is 28.7 Å². The number of benzene rings is 1. The molecule has 1 aromatic rings. The van der Waals surface area contributed by atoms with Crippen molar-refractivity contribution in [1.29, 1.82) is 0 Å². The van der Waals surface area contributed by atoms with E-state index in [1.165, 1.54) is 18.4 Å². The highest BCUT2D eigenvalue weighted by atomic mass is 79.9. The Morgan fingerprint density at radius 2 is 2.18 bits per heavy atom. The van der Waals surface area contributed by atoms with Crippen LogP contribution in [0.1, 0.15) is 25.3 Å². The maximum Gasteiger partial charge on any atom is 0.0337 e. The third-order valence-electron chi connectivity index (χ3n) is 3.96. The van der Waals surface area contributed by atoms with Crippen LogP contribution in [0.2, 0.25) is 0 Å². The van der Waals surface area contributed by atoms with E-state index in [-0.39, 0.29) is 5.54 Å². The van der Waals surface area contributed by atoms with Gasteiger partial charge in [-0.2, -0.15) is 0 Å². The molecular weight excluding hydrogens is 276 g/mol. The van der Waals surface area contributed by atoms with Crippen molar-refractivity contribution in [3.05, 3.63) is 34.3 Å². The molecule has 0 bridgehead atoms. The Morgan fingerprint density at radius 3 is 2.71 bits per heavy atom. The van der Waals surface area contributed by atoms with Crippen LogP contribution < -0.4 is 5.73 Å². The number of rotatable bonds is 4. The minimum Gasteiger partial charge on any atom is -0.329 e. The molecular formula is C14H21BrN2. The summed E-state index contributed by atoms with van der Waals surface area (Å²) in [6.45, 7) is 4.05. The van der Waals surface area contributed by atoms with Gasteiger partial charge in [0.1, 0.15) is 0 Å². The van der Waals surface area contributed by atoms with Crippen molar-refractivity contribution in [3.63, 3.8) is 0 Å². The zero-order valence-electron chi connectivity index (χ0n) is 10.6. The fourth-order valence-corrected chi connectivity index (χ4v) is 3.40. The second-order valence-electron chi connectivity index (χ2n) is 5.43. The highest BCUT2D eigenvalue weighted by Gasteiger charge is 2.43. The summed E-state index contributed by atoms with van der Waals surface area (Å²) in [7, 11) is 2.19. The Morgan fingerprint density at radius 1 is 1.47 bits per heavy atom. The van der Waals surface area contributed by atoms with E-state index in [0.29, 0.717) is 0 Å². The highest BCUT2D eigenvalue weighted by Crippen LogP contribution is 2.41. The molecule has 1 aromatic carbocycles. The van der Waals surface area contributed by atoms with E-state index in [0.717, 1.165) is 23.5 Å². The largest absolute Gasteiger partial charge is 0.329 e. The molecule has 94 valence electrons. The third-order valence-corrected chi connectivity index (χ3v) is 4.45. The van der Waals surface area contributed by atoms with E-state index in [9.17, 15) is 0 Å². The molecule has 0 spiro atoms. The van der Waals surface area contributed by atoms with Crippen LogP contribution in [0.25, 0.3) is 0 Å². The number of hydrogen-bond donors (Lipinski definition) is 1. The van der Waals surface area contributed by atoms with Crippen molar-refractivity contribution in [1.82, 2.24) is 4.90 Å². The van der Waals surface area contributed by atoms with Crippen LogP contribution in [0.5, 0.6) is 0 Å². The summed E-state index contributed by atoms with van der Waals surface area (Å²) in [4.78, 5) is 2.43. The number of halogens is 1. The van der Waals surface area contributed by atoms with E-state index in [1.54, 1.807) is 0 Å². The maximum absolute atomic E-state index is 5.96. The third kappa shape index (κ3) is 2.72. The average Bonchev–Trinajstić information content (AvgIpc) is 2.24. The van der Waals surface area contributed by atoms with Gasteiger partial charge in [-0.3, -0.25) is 4.90 Å². The fourth-order valence-electron chi connectivity index (χ4n) is 2.95. The molecule has 0 heterocycles. The second-order valence-corrected chi connectivity index (χ2v) is 6.34. The molecule has 3 heteroatoms. The molecule has 1 aliphatic carbocycles. The number of nitrogens with two attached hydrogens (primary N) is 1. The molecule has 0 aromatic heterocycles. The lowest BCUT2D eigenvalue weighted by atomic mass is 9.68. The Labute approximate surface area is 112 Å². The normalized spacial score (nSPS) is 28.2. The molecule has 0 aliphatic heterocycles. The van der Waals surface area contributed by atoms with Crippen LogP contribution in [0.4, 0.5) is 0 Å². The van der Waals surface area contributed by atoms with Crippen molar-refractivity contribution < 1.29 is 0 Å². The monoisotopic (exact) mass is 296 g/mol. The number of nitrogens with zero attached hydrogens (tertiary/aromatic N) is 1. The van der Waals surface area contributed by atoms with Gasteiger partial charge in [-0.15, -0.1) is 0 Å². The standard InChI is InChI=1S/C14H21BrN2/c1-11-7-14(8-11,10-16)17(2)9-12-4-3-5-13(15)6-12/h3-6,11H,7-10,16H2,1-2H3. The molecule has 2 nitrogen and oxygen atoms in total. The van der Waals surface area contributed by atoms with Gasteiger partial charge in [0.15, 0.2) is 0 Å². The summed E-state index contributed by atoms with van der Waals surface area (Å²) < 4.78 is 1.15. The Kier molecular flexibility index (Phi) is 3.91. The summed E-state index contributed by atoms with van der Waals surface area (Å²) in [5, 5.41) is 0. The van der Waals surface area contributed by atoms with Gasteiger partial charge in [0.2, 0.25) is 0 Å². The van der Waals surface area contributed by atoms with Gasteiger partial charge in [-0.1, -0.05) is 35.0 Å². The topological polar surface area (TPSA) is 29.3 Å². The second kappa shape index (κ2) is 5.09. The molecule has 0 atom stereocenters. The van der Waals surface area contributed by atoms with E-state index in [2.05, 4.69) is 59.1 Å². The fraction of sp³-hybridized carbons (Fsp3) is 0.571. The molecule has 17 heavy (non-hydrogen) atoms. The van der Waals surface area contributed by atoms with Crippen molar-refractivity contribution >= 4 is 15.9 Å². The van der Waals surface area contributed by atoms with Crippen molar-refractivity contribution in [3.8, 4) is 0 Å². The van der Waals surface area contributed by atoms with Gasteiger partial charge in [0, 0.05) is 23.1 Å². The van der Waals surface area contributed by atoms with Crippen molar-refractivity contribution in [2.45, 2.75) is 31.8 Å².